The molecule has 0 N–H and O–H groups in total. The van der Waals surface area contributed by atoms with Crippen LogP contribution in [-0.4, -0.2) is 33.9 Å². The summed E-state index contributed by atoms with van der Waals surface area (Å²) in [4.78, 5) is 22.5. The molecular formula is C14H20ClN3O. The van der Waals surface area contributed by atoms with Gasteiger partial charge in [-0.2, -0.15) is 0 Å². The molecule has 104 valence electrons. The number of amides is 1. The Kier molecular flexibility index (Phi) is 4.09. The second-order valence-corrected chi connectivity index (χ2v) is 6.41. The van der Waals surface area contributed by atoms with Crippen molar-refractivity contribution >= 4 is 17.5 Å². The van der Waals surface area contributed by atoms with Gasteiger partial charge in [-0.3, -0.25) is 9.78 Å². The van der Waals surface area contributed by atoms with Crippen LogP contribution in [0.2, 0.25) is 5.15 Å². The zero-order chi connectivity index (χ0) is 14.0. The van der Waals surface area contributed by atoms with E-state index in [1.165, 1.54) is 0 Å². The molecule has 0 aliphatic carbocycles. The standard InChI is InChI=1S/C14H20ClN3O/c1-14(2,3)13(19)18-8-4-10(5-9-18)11-12(15)17-7-6-16-11/h6-7,10H,4-5,8-9H2,1-3H3. The number of nitrogens with zero attached hydrogens (tertiary/aromatic N) is 3. The van der Waals surface area contributed by atoms with Crippen molar-refractivity contribution in [3.05, 3.63) is 23.2 Å². The summed E-state index contributed by atoms with van der Waals surface area (Å²) in [5, 5.41) is 0.489. The minimum atomic E-state index is -0.308. The Labute approximate surface area is 119 Å². The molecule has 0 saturated carbocycles. The Morgan fingerprint density at radius 2 is 1.84 bits per heavy atom. The van der Waals surface area contributed by atoms with Crippen LogP contribution in [0.25, 0.3) is 0 Å². The summed E-state index contributed by atoms with van der Waals surface area (Å²) >= 11 is 6.07. The largest absolute Gasteiger partial charge is 0.342 e. The molecule has 0 atom stereocenters. The van der Waals surface area contributed by atoms with Crippen molar-refractivity contribution in [1.29, 1.82) is 0 Å². The van der Waals surface area contributed by atoms with Crippen molar-refractivity contribution in [2.45, 2.75) is 39.5 Å². The van der Waals surface area contributed by atoms with Gasteiger partial charge in [-0.25, -0.2) is 4.98 Å². The number of piperidine rings is 1. The molecule has 0 radical (unpaired) electrons. The number of carbonyl (C=O) groups is 1. The minimum Gasteiger partial charge on any atom is -0.342 e. The van der Waals surface area contributed by atoms with Crippen LogP contribution in [0.4, 0.5) is 0 Å². The molecular weight excluding hydrogens is 262 g/mol. The quantitative estimate of drug-likeness (QED) is 0.795. The number of rotatable bonds is 1. The highest BCUT2D eigenvalue weighted by Crippen LogP contribution is 2.31. The van der Waals surface area contributed by atoms with Gasteiger partial charge in [-0.05, 0) is 12.8 Å². The molecule has 1 amide bonds. The van der Waals surface area contributed by atoms with Gasteiger partial charge in [0.15, 0.2) is 5.15 Å². The van der Waals surface area contributed by atoms with Gasteiger partial charge in [0.05, 0.1) is 5.69 Å². The maximum atomic E-state index is 12.2. The maximum Gasteiger partial charge on any atom is 0.227 e. The number of hydrogen-bond acceptors (Lipinski definition) is 3. The monoisotopic (exact) mass is 281 g/mol. The fraction of sp³-hybridized carbons (Fsp3) is 0.643. The van der Waals surface area contributed by atoms with Crippen LogP contribution in [0, 0.1) is 5.41 Å². The van der Waals surface area contributed by atoms with Crippen molar-refractivity contribution in [1.82, 2.24) is 14.9 Å². The molecule has 5 heteroatoms. The van der Waals surface area contributed by atoms with Crippen molar-refractivity contribution in [2.24, 2.45) is 5.41 Å². The van der Waals surface area contributed by atoms with Crippen LogP contribution >= 0.6 is 11.6 Å². The molecule has 1 saturated heterocycles. The second kappa shape index (κ2) is 5.45. The topological polar surface area (TPSA) is 46.1 Å². The highest BCUT2D eigenvalue weighted by Gasteiger charge is 2.31. The Balaban J connectivity index is 2.00. The highest BCUT2D eigenvalue weighted by atomic mass is 35.5. The van der Waals surface area contributed by atoms with Gasteiger partial charge < -0.3 is 4.90 Å². The molecule has 0 aromatic carbocycles. The lowest BCUT2D eigenvalue weighted by Crippen LogP contribution is -2.43. The summed E-state index contributed by atoms with van der Waals surface area (Å²) in [6, 6.07) is 0. The van der Waals surface area contributed by atoms with Crippen LogP contribution < -0.4 is 0 Å². The molecule has 1 aliphatic rings. The summed E-state index contributed by atoms with van der Waals surface area (Å²) < 4.78 is 0. The Morgan fingerprint density at radius 3 is 2.37 bits per heavy atom. The molecule has 0 spiro atoms. The molecule has 1 aliphatic heterocycles. The molecule has 2 heterocycles. The van der Waals surface area contributed by atoms with Crippen molar-refractivity contribution in [2.75, 3.05) is 13.1 Å². The van der Waals surface area contributed by atoms with E-state index in [0.717, 1.165) is 31.6 Å². The normalized spacial score (nSPS) is 17.6. The molecule has 1 aromatic heterocycles. The Bertz CT molecular complexity index is 462. The lowest BCUT2D eigenvalue weighted by molar-refractivity contribution is -0.140. The number of aromatic nitrogens is 2. The van der Waals surface area contributed by atoms with E-state index >= 15 is 0 Å². The summed E-state index contributed by atoms with van der Waals surface area (Å²) in [6.07, 6.45) is 5.08. The number of likely N-dealkylation sites (tertiary alicyclic amines) is 1. The van der Waals surface area contributed by atoms with E-state index in [4.69, 9.17) is 11.6 Å². The van der Waals surface area contributed by atoms with Crippen LogP contribution in [0.15, 0.2) is 12.4 Å². The van der Waals surface area contributed by atoms with Gasteiger partial charge >= 0.3 is 0 Å². The third-order valence-electron chi connectivity index (χ3n) is 3.49. The molecule has 1 fully saturated rings. The first-order chi connectivity index (χ1) is 8.89. The third-order valence-corrected chi connectivity index (χ3v) is 3.78. The highest BCUT2D eigenvalue weighted by molar-refractivity contribution is 6.30. The van der Waals surface area contributed by atoms with Crippen LogP contribution in [0.1, 0.15) is 45.2 Å². The van der Waals surface area contributed by atoms with Gasteiger partial charge in [0.1, 0.15) is 0 Å². The number of hydrogen-bond donors (Lipinski definition) is 0. The lowest BCUT2D eigenvalue weighted by Gasteiger charge is -2.35. The second-order valence-electron chi connectivity index (χ2n) is 6.05. The molecule has 1 aromatic rings. The Morgan fingerprint density at radius 1 is 1.26 bits per heavy atom. The summed E-state index contributed by atoms with van der Waals surface area (Å²) in [7, 11) is 0. The van der Waals surface area contributed by atoms with Gasteiger partial charge in [0.25, 0.3) is 0 Å². The summed E-state index contributed by atoms with van der Waals surface area (Å²) in [6.45, 7) is 7.42. The van der Waals surface area contributed by atoms with E-state index in [1.807, 2.05) is 25.7 Å². The third kappa shape index (κ3) is 3.24. The summed E-state index contributed by atoms with van der Waals surface area (Å²) in [5.41, 5.74) is 0.559. The SMILES string of the molecule is CC(C)(C)C(=O)N1CCC(c2nccnc2Cl)CC1. The van der Waals surface area contributed by atoms with Crippen LogP contribution in [-0.2, 0) is 4.79 Å². The van der Waals surface area contributed by atoms with Crippen LogP contribution in [0.5, 0.6) is 0 Å². The van der Waals surface area contributed by atoms with Gasteiger partial charge in [0, 0.05) is 36.8 Å². The maximum absolute atomic E-state index is 12.2. The molecule has 4 nitrogen and oxygen atoms in total. The predicted molar refractivity (Wildman–Crippen MR) is 75.1 cm³/mol. The van der Waals surface area contributed by atoms with Crippen molar-refractivity contribution in [3.8, 4) is 0 Å². The van der Waals surface area contributed by atoms with Gasteiger partial charge in [-0.15, -0.1) is 0 Å². The van der Waals surface area contributed by atoms with E-state index in [2.05, 4.69) is 9.97 Å². The summed E-state index contributed by atoms with van der Waals surface area (Å²) in [5.74, 6) is 0.529. The van der Waals surface area contributed by atoms with Gasteiger partial charge in [-0.1, -0.05) is 32.4 Å². The van der Waals surface area contributed by atoms with E-state index in [0.29, 0.717) is 11.1 Å². The van der Waals surface area contributed by atoms with E-state index in [9.17, 15) is 4.79 Å². The molecule has 0 unspecified atom stereocenters. The fourth-order valence-corrected chi connectivity index (χ4v) is 2.70. The number of halogens is 1. The van der Waals surface area contributed by atoms with Gasteiger partial charge in [0.2, 0.25) is 5.91 Å². The molecule has 2 rings (SSSR count). The number of carbonyl (C=O) groups excluding carboxylic acids is 1. The predicted octanol–water partition coefficient (Wildman–Crippen LogP) is 2.88. The fourth-order valence-electron chi connectivity index (χ4n) is 2.44. The zero-order valence-corrected chi connectivity index (χ0v) is 12.4. The van der Waals surface area contributed by atoms with Crippen molar-refractivity contribution < 1.29 is 4.79 Å². The van der Waals surface area contributed by atoms with E-state index in [1.54, 1.807) is 12.4 Å². The van der Waals surface area contributed by atoms with E-state index in [-0.39, 0.29) is 11.3 Å². The zero-order valence-electron chi connectivity index (χ0n) is 11.7. The first kappa shape index (κ1) is 14.3. The first-order valence-electron chi connectivity index (χ1n) is 6.65. The van der Waals surface area contributed by atoms with E-state index < -0.39 is 0 Å². The minimum absolute atomic E-state index is 0.219. The lowest BCUT2D eigenvalue weighted by atomic mass is 9.90. The first-order valence-corrected chi connectivity index (χ1v) is 7.03. The molecule has 0 bridgehead atoms. The van der Waals surface area contributed by atoms with Crippen molar-refractivity contribution in [3.63, 3.8) is 0 Å². The Hall–Kier alpha value is -1.16. The van der Waals surface area contributed by atoms with Crippen LogP contribution in [0.3, 0.4) is 0 Å². The average Bonchev–Trinajstić information content (AvgIpc) is 2.38. The smallest absolute Gasteiger partial charge is 0.227 e. The molecule has 19 heavy (non-hydrogen) atoms. The average molecular weight is 282 g/mol.